The molecule has 0 aliphatic carbocycles. The van der Waals surface area contributed by atoms with Gasteiger partial charge in [-0.25, -0.2) is 4.98 Å². The fourth-order valence-corrected chi connectivity index (χ4v) is 1.24. The van der Waals surface area contributed by atoms with E-state index in [2.05, 4.69) is 9.72 Å². The predicted octanol–water partition coefficient (Wildman–Crippen LogP) is 3.13. The molecule has 15 heavy (non-hydrogen) atoms. The van der Waals surface area contributed by atoms with Gasteiger partial charge in [0.1, 0.15) is 0 Å². The summed E-state index contributed by atoms with van der Waals surface area (Å²) in [5, 5.41) is 1.43. The number of hydrogen-bond acceptors (Lipinski definition) is 2. The smallest absolute Gasteiger partial charge is 0.388 e. The van der Waals surface area contributed by atoms with E-state index in [0.717, 1.165) is 5.39 Å². The summed E-state index contributed by atoms with van der Waals surface area (Å²) >= 11 is 0. The number of rotatable bonds is 1. The van der Waals surface area contributed by atoms with Crippen LogP contribution in [0.5, 0.6) is 5.88 Å². The first-order valence-electron chi connectivity index (χ1n) is 4.15. The van der Waals surface area contributed by atoms with Gasteiger partial charge in [0.05, 0.1) is 0 Å². The lowest BCUT2D eigenvalue weighted by molar-refractivity contribution is -0.276. The van der Waals surface area contributed by atoms with Crippen LogP contribution in [0.4, 0.5) is 13.2 Å². The minimum Gasteiger partial charge on any atom is -0.388 e. The van der Waals surface area contributed by atoms with Crippen LogP contribution in [0.15, 0.2) is 36.5 Å². The molecule has 1 heterocycles. The molecule has 2 aromatic rings. The van der Waals surface area contributed by atoms with Crippen molar-refractivity contribution >= 4 is 10.8 Å². The Kier molecular flexibility index (Phi) is 2.22. The second kappa shape index (κ2) is 3.42. The minimum absolute atomic E-state index is 0.443. The van der Waals surface area contributed by atoms with E-state index < -0.39 is 12.2 Å². The zero-order chi connectivity index (χ0) is 10.9. The summed E-state index contributed by atoms with van der Waals surface area (Å²) < 4.78 is 39.3. The van der Waals surface area contributed by atoms with Crippen molar-refractivity contribution in [2.24, 2.45) is 0 Å². The van der Waals surface area contributed by atoms with Gasteiger partial charge < -0.3 is 4.74 Å². The molecule has 0 saturated carbocycles. The van der Waals surface area contributed by atoms with Crippen molar-refractivity contribution < 1.29 is 17.9 Å². The van der Waals surface area contributed by atoms with Crippen molar-refractivity contribution in [1.82, 2.24) is 4.98 Å². The number of nitrogens with zero attached hydrogens (tertiary/aromatic N) is 1. The molecule has 0 saturated heterocycles. The molecular weight excluding hydrogens is 207 g/mol. The van der Waals surface area contributed by atoms with Crippen LogP contribution in [0.25, 0.3) is 10.8 Å². The lowest BCUT2D eigenvalue weighted by Gasteiger charge is -2.07. The van der Waals surface area contributed by atoms with Gasteiger partial charge in [-0.05, 0) is 5.39 Å². The third kappa shape index (κ3) is 2.37. The van der Waals surface area contributed by atoms with Crippen LogP contribution in [0, 0.1) is 0 Å². The van der Waals surface area contributed by atoms with E-state index in [1.165, 1.54) is 12.3 Å². The summed E-state index contributed by atoms with van der Waals surface area (Å²) in [5.74, 6) is -0.443. The Morgan fingerprint density at radius 3 is 2.40 bits per heavy atom. The highest BCUT2D eigenvalue weighted by atomic mass is 19.4. The normalized spacial score (nSPS) is 11.7. The van der Waals surface area contributed by atoms with Crippen LogP contribution >= 0.6 is 0 Å². The largest absolute Gasteiger partial charge is 0.574 e. The molecule has 1 aromatic heterocycles. The van der Waals surface area contributed by atoms with Crippen LogP contribution in [-0.4, -0.2) is 11.3 Å². The summed E-state index contributed by atoms with van der Waals surface area (Å²) in [6.45, 7) is 0. The summed E-state index contributed by atoms with van der Waals surface area (Å²) in [4.78, 5) is 3.55. The molecule has 0 radical (unpaired) electrons. The maximum Gasteiger partial charge on any atom is 0.574 e. The van der Waals surface area contributed by atoms with Crippen LogP contribution in [0.1, 0.15) is 0 Å². The third-order valence-corrected chi connectivity index (χ3v) is 1.83. The Balaban J connectivity index is 2.39. The molecule has 0 atom stereocenters. The quantitative estimate of drug-likeness (QED) is 0.726. The molecule has 0 spiro atoms. The highest BCUT2D eigenvalue weighted by Gasteiger charge is 2.31. The molecule has 2 nitrogen and oxygen atoms in total. The van der Waals surface area contributed by atoms with Gasteiger partial charge in [-0.2, -0.15) is 0 Å². The fourth-order valence-electron chi connectivity index (χ4n) is 1.24. The highest BCUT2D eigenvalue weighted by Crippen LogP contribution is 2.23. The first kappa shape index (κ1) is 9.76. The number of halogens is 3. The predicted molar refractivity (Wildman–Crippen MR) is 48.4 cm³/mol. The maximum absolute atomic E-state index is 11.9. The monoisotopic (exact) mass is 213 g/mol. The van der Waals surface area contributed by atoms with E-state index >= 15 is 0 Å². The second-order valence-electron chi connectivity index (χ2n) is 2.92. The average Bonchev–Trinajstić information content (AvgIpc) is 2.15. The van der Waals surface area contributed by atoms with Crippen LogP contribution in [0.2, 0.25) is 0 Å². The van der Waals surface area contributed by atoms with Crippen LogP contribution in [-0.2, 0) is 0 Å². The lowest BCUT2D eigenvalue weighted by Crippen LogP contribution is -2.17. The van der Waals surface area contributed by atoms with Crippen molar-refractivity contribution in [3.8, 4) is 5.88 Å². The number of benzene rings is 1. The van der Waals surface area contributed by atoms with Crippen LogP contribution in [0.3, 0.4) is 0 Å². The van der Waals surface area contributed by atoms with E-state index in [1.54, 1.807) is 24.3 Å². The second-order valence-corrected chi connectivity index (χ2v) is 2.92. The molecular formula is C10H6F3NO. The SMILES string of the molecule is FC(F)(F)Oc1cc2ccccc2cn1. The fraction of sp³-hybridized carbons (Fsp3) is 0.100. The zero-order valence-electron chi connectivity index (χ0n) is 7.45. The molecule has 78 valence electrons. The molecule has 0 fully saturated rings. The van der Waals surface area contributed by atoms with Crippen molar-refractivity contribution in [2.45, 2.75) is 6.36 Å². The van der Waals surface area contributed by atoms with E-state index in [4.69, 9.17) is 0 Å². The topological polar surface area (TPSA) is 22.1 Å². The van der Waals surface area contributed by atoms with Gasteiger partial charge in [-0.3, -0.25) is 0 Å². The molecule has 0 amide bonds. The number of aromatic nitrogens is 1. The first-order valence-corrected chi connectivity index (χ1v) is 4.15. The molecule has 2 rings (SSSR count). The standard InChI is InChI=1S/C10H6F3NO/c11-10(12,13)15-9-5-7-3-1-2-4-8(7)6-14-9/h1-6H. The molecule has 0 bridgehead atoms. The van der Waals surface area contributed by atoms with E-state index in [-0.39, 0.29) is 0 Å². The van der Waals surface area contributed by atoms with E-state index in [1.807, 2.05) is 0 Å². The van der Waals surface area contributed by atoms with Crippen molar-refractivity contribution in [3.05, 3.63) is 36.5 Å². The summed E-state index contributed by atoms with van der Waals surface area (Å²) in [6.07, 6.45) is -3.36. The zero-order valence-corrected chi connectivity index (χ0v) is 7.45. The van der Waals surface area contributed by atoms with Gasteiger partial charge in [0.25, 0.3) is 0 Å². The molecule has 5 heteroatoms. The number of hydrogen-bond donors (Lipinski definition) is 0. The molecule has 0 aliphatic rings. The molecule has 0 aliphatic heterocycles. The van der Waals surface area contributed by atoms with Gasteiger partial charge in [0.15, 0.2) is 0 Å². The Morgan fingerprint density at radius 1 is 1.07 bits per heavy atom. The van der Waals surface area contributed by atoms with Crippen molar-refractivity contribution in [3.63, 3.8) is 0 Å². The van der Waals surface area contributed by atoms with Gasteiger partial charge in [-0.1, -0.05) is 24.3 Å². The Hall–Kier alpha value is -1.78. The number of ether oxygens (including phenoxy) is 1. The van der Waals surface area contributed by atoms with Gasteiger partial charge in [0.2, 0.25) is 5.88 Å². The van der Waals surface area contributed by atoms with E-state index in [9.17, 15) is 13.2 Å². The Bertz CT molecular complexity index is 481. The molecule has 1 aromatic carbocycles. The third-order valence-electron chi connectivity index (χ3n) is 1.83. The van der Waals surface area contributed by atoms with E-state index in [0.29, 0.717) is 5.39 Å². The molecule has 0 N–H and O–H groups in total. The Labute approximate surface area is 83.3 Å². The minimum atomic E-state index is -4.70. The maximum atomic E-state index is 11.9. The average molecular weight is 213 g/mol. The first-order chi connectivity index (χ1) is 7.04. The van der Waals surface area contributed by atoms with Gasteiger partial charge in [0, 0.05) is 17.6 Å². The Morgan fingerprint density at radius 2 is 1.73 bits per heavy atom. The number of pyridine rings is 1. The lowest BCUT2D eigenvalue weighted by atomic mass is 10.2. The highest BCUT2D eigenvalue weighted by molar-refractivity contribution is 5.82. The van der Waals surface area contributed by atoms with Crippen molar-refractivity contribution in [2.75, 3.05) is 0 Å². The number of fused-ring (bicyclic) bond motifs is 1. The van der Waals surface area contributed by atoms with Crippen molar-refractivity contribution in [1.29, 1.82) is 0 Å². The van der Waals surface area contributed by atoms with Crippen LogP contribution < -0.4 is 4.74 Å². The summed E-state index contributed by atoms with van der Waals surface area (Å²) in [7, 11) is 0. The van der Waals surface area contributed by atoms with Gasteiger partial charge >= 0.3 is 6.36 Å². The summed E-state index contributed by atoms with van der Waals surface area (Å²) in [5.41, 5.74) is 0. The summed E-state index contributed by atoms with van der Waals surface area (Å²) in [6, 6.07) is 8.23. The number of alkyl halides is 3. The molecule has 0 unspecified atom stereocenters. The van der Waals surface area contributed by atoms with Gasteiger partial charge in [-0.15, -0.1) is 13.2 Å².